The van der Waals surface area contributed by atoms with Crippen molar-refractivity contribution in [1.82, 2.24) is 0 Å². The molecule has 0 fully saturated rings. The minimum atomic E-state index is 0.139. The predicted octanol–water partition coefficient (Wildman–Crippen LogP) is 3.10. The summed E-state index contributed by atoms with van der Waals surface area (Å²) in [5.41, 5.74) is 9.60. The summed E-state index contributed by atoms with van der Waals surface area (Å²) in [6.45, 7) is 2.65. The number of rotatable bonds is 5. The van der Waals surface area contributed by atoms with Crippen molar-refractivity contribution in [3.05, 3.63) is 59.2 Å². The van der Waals surface area contributed by atoms with Crippen molar-refractivity contribution < 1.29 is 9.47 Å². The molecule has 0 saturated carbocycles. The average molecular weight is 271 g/mol. The Bertz CT molecular complexity index is 559. The van der Waals surface area contributed by atoms with Crippen molar-refractivity contribution >= 4 is 0 Å². The van der Waals surface area contributed by atoms with Crippen LogP contribution in [0.3, 0.4) is 0 Å². The molecule has 0 radical (unpaired) electrons. The lowest BCUT2D eigenvalue weighted by atomic mass is 9.88. The monoisotopic (exact) mass is 271 g/mol. The first kappa shape index (κ1) is 14.4. The van der Waals surface area contributed by atoms with E-state index in [0.717, 1.165) is 17.1 Å². The van der Waals surface area contributed by atoms with E-state index >= 15 is 0 Å². The van der Waals surface area contributed by atoms with Crippen molar-refractivity contribution in [2.75, 3.05) is 20.8 Å². The molecule has 0 amide bonds. The van der Waals surface area contributed by atoms with Crippen LogP contribution >= 0.6 is 0 Å². The quantitative estimate of drug-likeness (QED) is 0.908. The number of nitrogens with two attached hydrogens (primary N) is 1. The Balaban J connectivity index is 2.49. The number of ether oxygens (including phenoxy) is 2. The third kappa shape index (κ3) is 2.94. The van der Waals surface area contributed by atoms with Gasteiger partial charge in [-0.2, -0.15) is 0 Å². The Morgan fingerprint density at radius 3 is 2.10 bits per heavy atom. The summed E-state index contributed by atoms with van der Waals surface area (Å²) in [6.07, 6.45) is 0. The summed E-state index contributed by atoms with van der Waals surface area (Å²) in [7, 11) is 3.31. The third-order valence-corrected chi connectivity index (χ3v) is 3.58. The van der Waals surface area contributed by atoms with Crippen LogP contribution in [0.5, 0.6) is 11.5 Å². The number of hydrogen-bond acceptors (Lipinski definition) is 3. The lowest BCUT2D eigenvalue weighted by Gasteiger charge is -2.19. The van der Waals surface area contributed by atoms with Gasteiger partial charge in [0.05, 0.1) is 14.2 Å². The van der Waals surface area contributed by atoms with Gasteiger partial charge in [0.15, 0.2) is 0 Å². The van der Waals surface area contributed by atoms with E-state index in [1.165, 1.54) is 11.1 Å². The Labute approximate surface area is 120 Å². The second-order valence-electron chi connectivity index (χ2n) is 4.79. The topological polar surface area (TPSA) is 44.5 Å². The molecule has 0 bridgehead atoms. The van der Waals surface area contributed by atoms with Crippen molar-refractivity contribution in [1.29, 1.82) is 0 Å². The molecule has 2 rings (SSSR count). The number of aryl methyl sites for hydroxylation is 1. The molecule has 0 aliphatic rings. The molecule has 1 atom stereocenters. The van der Waals surface area contributed by atoms with Crippen LogP contribution in [0.1, 0.15) is 22.6 Å². The van der Waals surface area contributed by atoms with Gasteiger partial charge in [-0.25, -0.2) is 0 Å². The Morgan fingerprint density at radius 1 is 1.00 bits per heavy atom. The molecule has 0 heterocycles. The van der Waals surface area contributed by atoms with E-state index < -0.39 is 0 Å². The van der Waals surface area contributed by atoms with Crippen molar-refractivity contribution in [2.45, 2.75) is 12.8 Å². The van der Waals surface area contributed by atoms with Gasteiger partial charge >= 0.3 is 0 Å². The molecule has 2 N–H and O–H groups in total. The fraction of sp³-hybridized carbons (Fsp3) is 0.294. The summed E-state index contributed by atoms with van der Waals surface area (Å²) < 4.78 is 10.7. The molecule has 0 aromatic heterocycles. The highest BCUT2D eigenvalue weighted by Crippen LogP contribution is 2.32. The van der Waals surface area contributed by atoms with Crippen LogP contribution in [-0.2, 0) is 0 Å². The lowest BCUT2D eigenvalue weighted by molar-refractivity contribution is 0.393. The highest BCUT2D eigenvalue weighted by molar-refractivity contribution is 5.45. The largest absolute Gasteiger partial charge is 0.497 e. The molecular formula is C17H21NO2. The predicted molar refractivity (Wildman–Crippen MR) is 81.6 cm³/mol. The van der Waals surface area contributed by atoms with E-state index in [-0.39, 0.29) is 5.92 Å². The Morgan fingerprint density at radius 2 is 1.60 bits per heavy atom. The molecule has 3 nitrogen and oxygen atoms in total. The van der Waals surface area contributed by atoms with E-state index in [2.05, 4.69) is 19.1 Å². The number of hydrogen-bond donors (Lipinski definition) is 1. The van der Waals surface area contributed by atoms with Crippen molar-refractivity contribution in [3.8, 4) is 11.5 Å². The van der Waals surface area contributed by atoms with Crippen LogP contribution in [0.15, 0.2) is 42.5 Å². The highest BCUT2D eigenvalue weighted by Gasteiger charge is 2.16. The van der Waals surface area contributed by atoms with Gasteiger partial charge < -0.3 is 15.2 Å². The van der Waals surface area contributed by atoms with Gasteiger partial charge in [-0.1, -0.05) is 24.3 Å². The second kappa shape index (κ2) is 6.44. The molecule has 3 heteroatoms. The van der Waals surface area contributed by atoms with Crippen molar-refractivity contribution in [3.63, 3.8) is 0 Å². The van der Waals surface area contributed by atoms with E-state index in [4.69, 9.17) is 15.2 Å². The van der Waals surface area contributed by atoms with Gasteiger partial charge in [0.1, 0.15) is 11.5 Å². The second-order valence-corrected chi connectivity index (χ2v) is 4.79. The zero-order valence-electron chi connectivity index (χ0n) is 12.2. The van der Waals surface area contributed by atoms with Gasteiger partial charge in [0.2, 0.25) is 0 Å². The van der Waals surface area contributed by atoms with Crippen molar-refractivity contribution in [2.24, 2.45) is 5.73 Å². The minimum absolute atomic E-state index is 0.139. The SMILES string of the molecule is COc1cc(OC)cc([C@H](CN)c2ccccc2C)c1. The molecule has 20 heavy (non-hydrogen) atoms. The fourth-order valence-corrected chi connectivity index (χ4v) is 2.45. The van der Waals surface area contributed by atoms with Crippen LogP contribution in [0.4, 0.5) is 0 Å². The maximum atomic E-state index is 6.01. The molecule has 2 aromatic carbocycles. The molecular weight excluding hydrogens is 250 g/mol. The number of benzene rings is 2. The molecule has 0 aliphatic heterocycles. The average Bonchev–Trinajstić information content (AvgIpc) is 2.49. The van der Waals surface area contributed by atoms with Crippen LogP contribution < -0.4 is 15.2 Å². The first-order valence-electron chi connectivity index (χ1n) is 6.68. The molecule has 0 spiro atoms. The molecule has 0 saturated heterocycles. The first-order chi connectivity index (χ1) is 9.69. The zero-order valence-corrected chi connectivity index (χ0v) is 12.2. The number of methoxy groups -OCH3 is 2. The third-order valence-electron chi connectivity index (χ3n) is 3.58. The maximum absolute atomic E-state index is 6.01. The van der Waals surface area contributed by atoms with E-state index in [9.17, 15) is 0 Å². The smallest absolute Gasteiger partial charge is 0.122 e. The van der Waals surface area contributed by atoms with Crippen LogP contribution in [0.25, 0.3) is 0 Å². The fourth-order valence-electron chi connectivity index (χ4n) is 2.45. The zero-order chi connectivity index (χ0) is 14.5. The molecule has 2 aromatic rings. The van der Waals surface area contributed by atoms with Crippen LogP contribution in [-0.4, -0.2) is 20.8 Å². The normalized spacial score (nSPS) is 12.0. The summed E-state index contributed by atoms with van der Waals surface area (Å²) in [5.74, 6) is 1.71. The summed E-state index contributed by atoms with van der Waals surface area (Å²) >= 11 is 0. The lowest BCUT2D eigenvalue weighted by Crippen LogP contribution is -2.15. The summed E-state index contributed by atoms with van der Waals surface area (Å²) in [4.78, 5) is 0. The van der Waals surface area contributed by atoms with Gasteiger partial charge in [0.25, 0.3) is 0 Å². The van der Waals surface area contributed by atoms with E-state index in [0.29, 0.717) is 6.54 Å². The summed E-state index contributed by atoms with van der Waals surface area (Å²) in [6, 6.07) is 14.2. The summed E-state index contributed by atoms with van der Waals surface area (Å²) in [5, 5.41) is 0. The maximum Gasteiger partial charge on any atom is 0.122 e. The van der Waals surface area contributed by atoms with Gasteiger partial charge in [-0.05, 0) is 35.7 Å². The van der Waals surface area contributed by atoms with E-state index in [1.807, 2.05) is 30.3 Å². The van der Waals surface area contributed by atoms with Gasteiger partial charge in [0, 0.05) is 18.5 Å². The van der Waals surface area contributed by atoms with E-state index in [1.54, 1.807) is 14.2 Å². The Kier molecular flexibility index (Phi) is 4.64. The molecule has 0 unspecified atom stereocenters. The molecule has 106 valence electrons. The van der Waals surface area contributed by atoms with Crippen LogP contribution in [0, 0.1) is 6.92 Å². The van der Waals surface area contributed by atoms with Gasteiger partial charge in [-0.15, -0.1) is 0 Å². The van der Waals surface area contributed by atoms with Gasteiger partial charge in [-0.3, -0.25) is 0 Å². The minimum Gasteiger partial charge on any atom is -0.497 e. The first-order valence-corrected chi connectivity index (χ1v) is 6.68. The Hall–Kier alpha value is -2.00. The van der Waals surface area contributed by atoms with Crippen LogP contribution in [0.2, 0.25) is 0 Å². The molecule has 0 aliphatic carbocycles. The standard InChI is InChI=1S/C17H21NO2/c1-12-6-4-5-7-16(12)17(11-18)13-8-14(19-2)10-15(9-13)20-3/h4-10,17H,11,18H2,1-3H3/t17-/m0/s1. The highest BCUT2D eigenvalue weighted by atomic mass is 16.5.